The maximum absolute atomic E-state index is 14.8. The third-order valence-electron chi connectivity index (χ3n) is 6.96. The molecule has 4 rings (SSSR count). The molecule has 180 valence electrons. The number of benzene rings is 1. The lowest BCUT2D eigenvalue weighted by molar-refractivity contribution is -0.137. The number of halogens is 4. The van der Waals surface area contributed by atoms with E-state index in [1.165, 1.54) is 6.42 Å². The third-order valence-corrected chi connectivity index (χ3v) is 6.96. The molecule has 2 fully saturated rings. The highest BCUT2D eigenvalue weighted by Gasteiger charge is 2.32. The van der Waals surface area contributed by atoms with Crippen LogP contribution >= 0.6 is 0 Å². The molecule has 8 heteroatoms. The number of nitrogens with one attached hydrogen (secondary N) is 1. The minimum Gasteiger partial charge on any atom is -0.344 e. The number of hydrogen-bond donors (Lipinski definition) is 1. The van der Waals surface area contributed by atoms with Gasteiger partial charge in [0, 0.05) is 30.9 Å². The molecule has 33 heavy (non-hydrogen) atoms. The minimum atomic E-state index is -4.58. The van der Waals surface area contributed by atoms with Crippen LogP contribution in [0.25, 0.3) is 11.3 Å². The van der Waals surface area contributed by atoms with Gasteiger partial charge < -0.3 is 4.57 Å². The van der Waals surface area contributed by atoms with E-state index >= 15 is 0 Å². The van der Waals surface area contributed by atoms with Crippen molar-refractivity contribution in [1.29, 1.82) is 0 Å². The first kappa shape index (κ1) is 23.8. The molecule has 0 atom stereocenters. The summed E-state index contributed by atoms with van der Waals surface area (Å²) in [7, 11) is 0. The number of piperidine rings is 1. The van der Waals surface area contributed by atoms with E-state index in [1.807, 2.05) is 9.58 Å². The van der Waals surface area contributed by atoms with Crippen LogP contribution in [0.5, 0.6) is 0 Å². The van der Waals surface area contributed by atoms with Crippen molar-refractivity contribution in [1.82, 2.24) is 15.0 Å². The fourth-order valence-corrected chi connectivity index (χ4v) is 5.07. The summed E-state index contributed by atoms with van der Waals surface area (Å²) in [6.07, 6.45) is 4.01. The second-order valence-electron chi connectivity index (χ2n) is 9.32. The van der Waals surface area contributed by atoms with Gasteiger partial charge in [-0.1, -0.05) is 25.7 Å². The van der Waals surface area contributed by atoms with Crippen molar-refractivity contribution < 1.29 is 22.4 Å². The molecule has 1 aliphatic heterocycles. The number of carbonyl (C=O) groups excluding carboxylic acids is 1. The molecule has 2 aliphatic rings. The van der Waals surface area contributed by atoms with Gasteiger partial charge >= 0.3 is 6.18 Å². The first-order valence-electron chi connectivity index (χ1n) is 11.9. The highest BCUT2D eigenvalue weighted by molar-refractivity contribution is 5.96. The summed E-state index contributed by atoms with van der Waals surface area (Å²) in [4.78, 5) is 13.1. The fraction of sp³-hybridized carbons (Fsp3) is 0.560. The summed E-state index contributed by atoms with van der Waals surface area (Å²) in [6, 6.07) is 4.02. The minimum absolute atomic E-state index is 0.124. The van der Waals surface area contributed by atoms with Gasteiger partial charge in [-0.05, 0) is 62.8 Å². The van der Waals surface area contributed by atoms with E-state index in [4.69, 9.17) is 0 Å². The van der Waals surface area contributed by atoms with E-state index in [-0.39, 0.29) is 11.5 Å². The molecule has 2 heterocycles. The van der Waals surface area contributed by atoms with Crippen LogP contribution in [0.15, 0.2) is 24.3 Å². The number of amides is 1. The monoisotopic (exact) mass is 465 g/mol. The lowest BCUT2D eigenvalue weighted by Gasteiger charge is -2.27. The number of rotatable bonds is 5. The van der Waals surface area contributed by atoms with E-state index in [0.29, 0.717) is 29.4 Å². The highest BCUT2D eigenvalue weighted by atomic mass is 19.4. The molecular formula is C25H31F4N3O. The summed E-state index contributed by atoms with van der Waals surface area (Å²) < 4.78 is 56.8. The molecule has 1 aromatic carbocycles. The summed E-state index contributed by atoms with van der Waals surface area (Å²) in [5.74, 6) is -0.672. The SMILES string of the molecule is Cc1c(C(=O)NN2CCCCC2)cc(-c2cc(C(F)(F)F)ccc2F)n1CC1CCCCC1. The molecule has 1 amide bonds. The number of alkyl halides is 3. The Morgan fingerprint density at radius 3 is 2.36 bits per heavy atom. The van der Waals surface area contributed by atoms with E-state index in [2.05, 4.69) is 5.43 Å². The predicted molar refractivity (Wildman–Crippen MR) is 119 cm³/mol. The van der Waals surface area contributed by atoms with Crippen molar-refractivity contribution in [3.63, 3.8) is 0 Å². The quantitative estimate of drug-likeness (QED) is 0.524. The van der Waals surface area contributed by atoms with Gasteiger partial charge in [-0.25, -0.2) is 9.40 Å². The lowest BCUT2D eigenvalue weighted by atomic mass is 9.89. The van der Waals surface area contributed by atoms with Crippen molar-refractivity contribution >= 4 is 5.91 Å². The van der Waals surface area contributed by atoms with Crippen molar-refractivity contribution in [3.05, 3.63) is 46.9 Å². The average Bonchev–Trinajstić information content (AvgIpc) is 3.11. The largest absolute Gasteiger partial charge is 0.416 e. The van der Waals surface area contributed by atoms with E-state index in [9.17, 15) is 22.4 Å². The molecule has 0 unspecified atom stereocenters. The van der Waals surface area contributed by atoms with Gasteiger partial charge in [0.05, 0.1) is 16.8 Å². The number of carbonyl (C=O) groups is 1. The Balaban J connectivity index is 1.73. The topological polar surface area (TPSA) is 37.3 Å². The molecule has 1 saturated heterocycles. The fourth-order valence-electron chi connectivity index (χ4n) is 5.07. The van der Waals surface area contributed by atoms with E-state index < -0.39 is 17.6 Å². The normalized spacial score (nSPS) is 18.5. The molecule has 1 aliphatic carbocycles. The third kappa shape index (κ3) is 5.42. The zero-order valence-electron chi connectivity index (χ0n) is 19.0. The molecule has 0 radical (unpaired) electrons. The van der Waals surface area contributed by atoms with E-state index in [1.54, 1.807) is 13.0 Å². The van der Waals surface area contributed by atoms with Gasteiger partial charge in [-0.2, -0.15) is 13.2 Å². The molecular weight excluding hydrogens is 434 g/mol. The smallest absolute Gasteiger partial charge is 0.344 e. The van der Waals surface area contributed by atoms with Gasteiger partial charge in [0.15, 0.2) is 0 Å². The predicted octanol–water partition coefficient (Wildman–Crippen LogP) is 6.33. The second-order valence-corrected chi connectivity index (χ2v) is 9.32. The molecule has 0 bridgehead atoms. The molecule has 1 saturated carbocycles. The van der Waals surface area contributed by atoms with Crippen molar-refractivity contribution in [2.24, 2.45) is 5.92 Å². The van der Waals surface area contributed by atoms with Crippen LogP contribution in [0.2, 0.25) is 0 Å². The Morgan fingerprint density at radius 1 is 1.03 bits per heavy atom. The van der Waals surface area contributed by atoms with Crippen LogP contribution in [0.3, 0.4) is 0 Å². The number of nitrogens with zero attached hydrogens (tertiary/aromatic N) is 2. The molecule has 0 spiro atoms. The first-order valence-corrected chi connectivity index (χ1v) is 11.9. The Morgan fingerprint density at radius 2 is 1.70 bits per heavy atom. The molecule has 2 aromatic rings. The van der Waals surface area contributed by atoms with Crippen molar-refractivity contribution in [3.8, 4) is 11.3 Å². The average molecular weight is 466 g/mol. The molecule has 1 aromatic heterocycles. The van der Waals surface area contributed by atoms with E-state index in [0.717, 1.165) is 76.2 Å². The van der Waals surface area contributed by atoms with Crippen LogP contribution in [-0.2, 0) is 12.7 Å². The summed E-state index contributed by atoms with van der Waals surface area (Å²) >= 11 is 0. The maximum atomic E-state index is 14.8. The first-order chi connectivity index (χ1) is 15.7. The van der Waals surface area contributed by atoms with Crippen molar-refractivity contribution in [2.45, 2.75) is 71.0 Å². The summed E-state index contributed by atoms with van der Waals surface area (Å²) in [5.41, 5.74) is 3.26. The van der Waals surface area contributed by atoms with Crippen molar-refractivity contribution in [2.75, 3.05) is 13.1 Å². The lowest BCUT2D eigenvalue weighted by Crippen LogP contribution is -2.45. The Labute approximate surface area is 191 Å². The van der Waals surface area contributed by atoms with Gasteiger partial charge in [0.1, 0.15) is 5.82 Å². The van der Waals surface area contributed by atoms with Gasteiger partial charge in [-0.15, -0.1) is 0 Å². The van der Waals surface area contributed by atoms with Crippen LogP contribution in [0.4, 0.5) is 17.6 Å². The molecule has 4 nitrogen and oxygen atoms in total. The zero-order valence-corrected chi connectivity index (χ0v) is 19.0. The molecule has 1 N–H and O–H groups in total. The zero-order chi connectivity index (χ0) is 23.6. The van der Waals surface area contributed by atoms with Crippen LogP contribution in [0, 0.1) is 18.7 Å². The number of aromatic nitrogens is 1. The Kier molecular flexibility index (Phi) is 7.12. The summed E-state index contributed by atoms with van der Waals surface area (Å²) in [6.45, 7) is 3.89. The number of hydrogen-bond acceptors (Lipinski definition) is 2. The second kappa shape index (κ2) is 9.87. The van der Waals surface area contributed by atoms with Gasteiger partial charge in [0.25, 0.3) is 5.91 Å². The highest BCUT2D eigenvalue weighted by Crippen LogP contribution is 2.36. The van der Waals surface area contributed by atoms with Gasteiger partial charge in [0.2, 0.25) is 0 Å². The number of hydrazine groups is 1. The summed E-state index contributed by atoms with van der Waals surface area (Å²) in [5, 5.41) is 1.88. The van der Waals surface area contributed by atoms with Gasteiger partial charge in [-0.3, -0.25) is 10.2 Å². The maximum Gasteiger partial charge on any atom is 0.416 e. The Hall–Kier alpha value is -2.35. The van der Waals surface area contributed by atoms with Crippen LogP contribution in [-0.4, -0.2) is 28.6 Å². The standard InChI is InChI=1S/C25H31F4N3O/c1-17-20(24(33)30-31-12-6-3-7-13-31)15-23(32(17)16-18-8-4-2-5-9-18)21-14-19(25(27,28)29)10-11-22(21)26/h10-11,14-15,18H,2-9,12-13,16H2,1H3,(H,30,33). The Bertz CT molecular complexity index is 986. The van der Waals surface area contributed by atoms with Crippen LogP contribution in [0.1, 0.15) is 73.0 Å². The van der Waals surface area contributed by atoms with Crippen LogP contribution < -0.4 is 5.43 Å².